The largest absolute Gasteiger partial charge is 0.382 e. The van der Waals surface area contributed by atoms with Gasteiger partial charge >= 0.3 is 0 Å². The van der Waals surface area contributed by atoms with E-state index in [0.29, 0.717) is 19.3 Å². The lowest BCUT2D eigenvalue weighted by Crippen LogP contribution is -2.31. The van der Waals surface area contributed by atoms with Gasteiger partial charge in [0.2, 0.25) is 0 Å². The molecule has 4 nitrogen and oxygen atoms in total. The number of nitrogens with one attached hydrogen (secondary N) is 1. The Morgan fingerprint density at radius 1 is 1.31 bits per heavy atom. The highest BCUT2D eigenvalue weighted by Gasteiger charge is 2.30. The summed E-state index contributed by atoms with van der Waals surface area (Å²) in [5.74, 6) is 0. The van der Waals surface area contributed by atoms with Gasteiger partial charge in [-0.3, -0.25) is 0 Å². The fraction of sp³-hybridized carbons (Fsp3) is 1.00. The molecular weight excluding hydrogens is 206 g/mol. The van der Waals surface area contributed by atoms with E-state index in [1.54, 1.807) is 7.11 Å². The highest BCUT2D eigenvalue weighted by Crippen LogP contribution is 2.28. The third kappa shape index (κ3) is 5.80. The van der Waals surface area contributed by atoms with Crippen LogP contribution in [-0.2, 0) is 14.2 Å². The standard InChI is InChI=1S/C12H25NO3/c1-12(2)5-4-11(16-12)10-13-6-7-15-9-8-14-3/h11,13H,4-10H2,1-3H3. The van der Waals surface area contributed by atoms with Crippen molar-refractivity contribution >= 4 is 0 Å². The fourth-order valence-electron chi connectivity index (χ4n) is 1.87. The Kier molecular flexibility index (Phi) is 6.28. The fourth-order valence-corrected chi connectivity index (χ4v) is 1.87. The van der Waals surface area contributed by atoms with Crippen LogP contribution in [0.3, 0.4) is 0 Å². The van der Waals surface area contributed by atoms with E-state index in [-0.39, 0.29) is 5.60 Å². The van der Waals surface area contributed by atoms with Gasteiger partial charge in [-0.05, 0) is 26.7 Å². The summed E-state index contributed by atoms with van der Waals surface area (Å²) >= 11 is 0. The average molecular weight is 231 g/mol. The van der Waals surface area contributed by atoms with E-state index in [1.165, 1.54) is 0 Å². The molecule has 1 unspecified atom stereocenters. The summed E-state index contributed by atoms with van der Waals surface area (Å²) in [6.45, 7) is 8.19. The summed E-state index contributed by atoms with van der Waals surface area (Å²) in [6, 6.07) is 0. The third-order valence-electron chi connectivity index (χ3n) is 2.78. The first-order valence-corrected chi connectivity index (χ1v) is 6.09. The highest BCUT2D eigenvalue weighted by molar-refractivity contribution is 4.81. The Bertz CT molecular complexity index is 185. The number of hydrogen-bond acceptors (Lipinski definition) is 4. The molecule has 1 aliphatic rings. The van der Waals surface area contributed by atoms with Crippen LogP contribution in [0.1, 0.15) is 26.7 Å². The van der Waals surface area contributed by atoms with Gasteiger partial charge in [0, 0.05) is 20.2 Å². The molecule has 1 aliphatic heterocycles. The van der Waals surface area contributed by atoms with Crippen LogP contribution in [0.5, 0.6) is 0 Å². The molecule has 16 heavy (non-hydrogen) atoms. The lowest BCUT2D eigenvalue weighted by Gasteiger charge is -2.19. The summed E-state index contributed by atoms with van der Waals surface area (Å²) in [6.07, 6.45) is 2.68. The molecule has 0 bridgehead atoms. The molecule has 0 aromatic carbocycles. The van der Waals surface area contributed by atoms with Crippen molar-refractivity contribution in [1.82, 2.24) is 5.32 Å². The first-order valence-electron chi connectivity index (χ1n) is 6.09. The summed E-state index contributed by atoms with van der Waals surface area (Å²) < 4.78 is 16.1. The second-order valence-electron chi connectivity index (χ2n) is 4.85. The summed E-state index contributed by atoms with van der Waals surface area (Å²) in [7, 11) is 1.68. The van der Waals surface area contributed by atoms with Gasteiger partial charge in [0.15, 0.2) is 0 Å². The van der Waals surface area contributed by atoms with Crippen molar-refractivity contribution in [3.8, 4) is 0 Å². The molecule has 0 aromatic heterocycles. The minimum Gasteiger partial charge on any atom is -0.382 e. The molecule has 1 heterocycles. The van der Waals surface area contributed by atoms with Crippen molar-refractivity contribution in [3.63, 3.8) is 0 Å². The van der Waals surface area contributed by atoms with Crippen molar-refractivity contribution in [3.05, 3.63) is 0 Å². The Hall–Kier alpha value is -0.160. The van der Waals surface area contributed by atoms with Crippen LogP contribution in [0.25, 0.3) is 0 Å². The summed E-state index contributed by atoms with van der Waals surface area (Å²) in [5, 5.41) is 3.35. The van der Waals surface area contributed by atoms with Crippen LogP contribution in [-0.4, -0.2) is 51.7 Å². The van der Waals surface area contributed by atoms with Crippen LogP contribution in [0.2, 0.25) is 0 Å². The number of rotatable bonds is 8. The quantitative estimate of drug-likeness (QED) is 0.637. The molecule has 1 saturated heterocycles. The van der Waals surface area contributed by atoms with Crippen molar-refractivity contribution in [2.75, 3.05) is 40.0 Å². The smallest absolute Gasteiger partial charge is 0.0707 e. The molecule has 0 amide bonds. The molecule has 0 saturated carbocycles. The normalized spacial score (nSPS) is 23.8. The van der Waals surface area contributed by atoms with Crippen molar-refractivity contribution in [2.24, 2.45) is 0 Å². The molecule has 1 rings (SSSR count). The van der Waals surface area contributed by atoms with Gasteiger partial charge in [-0.15, -0.1) is 0 Å². The van der Waals surface area contributed by atoms with Gasteiger partial charge in [0.1, 0.15) is 0 Å². The van der Waals surface area contributed by atoms with Crippen LogP contribution in [0.4, 0.5) is 0 Å². The summed E-state index contributed by atoms with van der Waals surface area (Å²) in [5.41, 5.74) is 0.0707. The molecule has 4 heteroatoms. The maximum Gasteiger partial charge on any atom is 0.0707 e. The van der Waals surface area contributed by atoms with Crippen LogP contribution >= 0.6 is 0 Å². The Labute approximate surface area is 98.6 Å². The van der Waals surface area contributed by atoms with Gasteiger partial charge in [-0.1, -0.05) is 0 Å². The predicted molar refractivity (Wildman–Crippen MR) is 63.8 cm³/mol. The zero-order valence-electron chi connectivity index (χ0n) is 10.8. The second kappa shape index (κ2) is 7.22. The maximum atomic E-state index is 5.87. The predicted octanol–water partition coefficient (Wildman–Crippen LogP) is 1.20. The molecule has 0 spiro atoms. The van der Waals surface area contributed by atoms with E-state index in [4.69, 9.17) is 14.2 Å². The molecule has 0 aliphatic carbocycles. The van der Waals surface area contributed by atoms with Crippen molar-refractivity contribution in [2.45, 2.75) is 38.4 Å². The van der Waals surface area contributed by atoms with Gasteiger partial charge in [0.25, 0.3) is 0 Å². The van der Waals surface area contributed by atoms with Crippen molar-refractivity contribution < 1.29 is 14.2 Å². The van der Waals surface area contributed by atoms with E-state index in [9.17, 15) is 0 Å². The molecular formula is C12H25NO3. The maximum absolute atomic E-state index is 5.87. The van der Waals surface area contributed by atoms with Gasteiger partial charge < -0.3 is 19.5 Å². The van der Waals surface area contributed by atoms with Gasteiger partial charge in [-0.25, -0.2) is 0 Å². The SMILES string of the molecule is COCCOCCNCC1CCC(C)(C)O1. The van der Waals surface area contributed by atoms with Crippen LogP contribution < -0.4 is 5.32 Å². The van der Waals surface area contributed by atoms with Gasteiger partial charge in [0.05, 0.1) is 31.5 Å². The monoisotopic (exact) mass is 231 g/mol. The van der Waals surface area contributed by atoms with E-state index in [1.807, 2.05) is 0 Å². The van der Waals surface area contributed by atoms with Crippen molar-refractivity contribution in [1.29, 1.82) is 0 Å². The van der Waals surface area contributed by atoms with E-state index < -0.39 is 0 Å². The minimum absolute atomic E-state index is 0.0707. The number of hydrogen-bond donors (Lipinski definition) is 1. The lowest BCUT2D eigenvalue weighted by molar-refractivity contribution is -0.0149. The Morgan fingerprint density at radius 3 is 2.75 bits per heavy atom. The number of ether oxygens (including phenoxy) is 3. The average Bonchev–Trinajstić information content (AvgIpc) is 2.57. The Morgan fingerprint density at radius 2 is 2.12 bits per heavy atom. The third-order valence-corrected chi connectivity index (χ3v) is 2.78. The molecule has 0 aromatic rings. The van der Waals surface area contributed by atoms with Gasteiger partial charge in [-0.2, -0.15) is 0 Å². The van der Waals surface area contributed by atoms with E-state index in [2.05, 4.69) is 19.2 Å². The Balaban J connectivity index is 1.88. The zero-order chi connectivity index (χ0) is 11.9. The highest BCUT2D eigenvalue weighted by atomic mass is 16.5. The summed E-state index contributed by atoms with van der Waals surface area (Å²) in [4.78, 5) is 0. The van der Waals surface area contributed by atoms with Crippen LogP contribution in [0.15, 0.2) is 0 Å². The van der Waals surface area contributed by atoms with E-state index >= 15 is 0 Å². The first-order chi connectivity index (χ1) is 7.64. The molecule has 1 N–H and O–H groups in total. The minimum atomic E-state index is 0.0707. The van der Waals surface area contributed by atoms with Crippen LogP contribution in [0, 0.1) is 0 Å². The lowest BCUT2D eigenvalue weighted by atomic mass is 10.1. The topological polar surface area (TPSA) is 39.7 Å². The number of methoxy groups -OCH3 is 1. The van der Waals surface area contributed by atoms with E-state index in [0.717, 1.165) is 32.5 Å². The molecule has 1 fully saturated rings. The first kappa shape index (κ1) is 13.9. The second-order valence-corrected chi connectivity index (χ2v) is 4.85. The zero-order valence-corrected chi connectivity index (χ0v) is 10.8. The molecule has 0 radical (unpaired) electrons. The molecule has 1 atom stereocenters. The molecule has 96 valence electrons.